The molecule has 1 N–H and O–H groups in total. The minimum atomic E-state index is -0.248. The number of halogens is 2. The zero-order valence-corrected chi connectivity index (χ0v) is 12.8. The van der Waals surface area contributed by atoms with Gasteiger partial charge in [-0.2, -0.15) is 0 Å². The van der Waals surface area contributed by atoms with Gasteiger partial charge in [0, 0.05) is 16.6 Å². The van der Waals surface area contributed by atoms with E-state index < -0.39 is 0 Å². The maximum absolute atomic E-state index is 13.9. The average Bonchev–Trinajstić information content (AvgIpc) is 2.37. The van der Waals surface area contributed by atoms with Gasteiger partial charge in [-0.05, 0) is 45.0 Å². The van der Waals surface area contributed by atoms with E-state index in [2.05, 4.69) is 37.4 Å². The van der Waals surface area contributed by atoms with Crippen LogP contribution < -0.4 is 5.32 Å². The second kappa shape index (κ2) is 6.38. The van der Waals surface area contributed by atoms with E-state index >= 15 is 0 Å². The molecule has 106 valence electrons. The molecule has 0 fully saturated rings. The van der Waals surface area contributed by atoms with Gasteiger partial charge in [-0.1, -0.05) is 47.0 Å². The van der Waals surface area contributed by atoms with E-state index in [4.69, 9.17) is 11.6 Å². The Bertz CT molecular complexity index is 569. The molecule has 0 aliphatic heterocycles. The molecule has 0 aliphatic carbocycles. The Kier molecular flexibility index (Phi) is 4.79. The fourth-order valence-corrected chi connectivity index (χ4v) is 2.77. The molecule has 2 aromatic carbocycles. The van der Waals surface area contributed by atoms with Gasteiger partial charge >= 0.3 is 0 Å². The number of aryl methyl sites for hydroxylation is 2. The van der Waals surface area contributed by atoms with Crippen molar-refractivity contribution in [2.45, 2.75) is 26.3 Å². The zero-order chi connectivity index (χ0) is 14.7. The maximum Gasteiger partial charge on any atom is 0.127 e. The quantitative estimate of drug-likeness (QED) is 0.868. The highest BCUT2D eigenvalue weighted by atomic mass is 35.5. The maximum atomic E-state index is 13.9. The summed E-state index contributed by atoms with van der Waals surface area (Å²) >= 11 is 6.11. The molecular weight excluding hydrogens is 273 g/mol. The Hall–Kier alpha value is -1.38. The van der Waals surface area contributed by atoms with Crippen molar-refractivity contribution in [1.29, 1.82) is 0 Å². The lowest BCUT2D eigenvalue weighted by molar-refractivity contribution is 0.554. The van der Waals surface area contributed by atoms with Gasteiger partial charge in [0.25, 0.3) is 0 Å². The van der Waals surface area contributed by atoms with Crippen LogP contribution in [0, 0.1) is 19.7 Å². The first-order chi connectivity index (χ1) is 9.51. The Morgan fingerprint density at radius 2 is 1.80 bits per heavy atom. The molecule has 3 heteroatoms. The van der Waals surface area contributed by atoms with E-state index in [-0.39, 0.29) is 11.9 Å². The Labute approximate surface area is 124 Å². The number of hydrogen-bond donors (Lipinski definition) is 1. The van der Waals surface area contributed by atoms with Crippen molar-refractivity contribution in [3.05, 3.63) is 69.5 Å². The number of likely N-dealkylation sites (N-methyl/N-ethyl adjacent to an activating group) is 1. The van der Waals surface area contributed by atoms with Crippen molar-refractivity contribution in [2.24, 2.45) is 0 Å². The first-order valence-corrected chi connectivity index (χ1v) is 7.07. The Morgan fingerprint density at radius 1 is 1.15 bits per heavy atom. The summed E-state index contributed by atoms with van der Waals surface area (Å²) in [6.45, 7) is 4.14. The molecule has 20 heavy (non-hydrogen) atoms. The van der Waals surface area contributed by atoms with Crippen LogP contribution in [0.25, 0.3) is 0 Å². The molecule has 1 nitrogen and oxygen atoms in total. The molecule has 1 atom stereocenters. The molecule has 0 heterocycles. The van der Waals surface area contributed by atoms with Crippen molar-refractivity contribution in [3.63, 3.8) is 0 Å². The smallest absolute Gasteiger partial charge is 0.127 e. The Balaban J connectivity index is 2.33. The van der Waals surface area contributed by atoms with Crippen LogP contribution in [-0.2, 0) is 6.42 Å². The number of hydrogen-bond acceptors (Lipinski definition) is 1. The van der Waals surface area contributed by atoms with Crippen LogP contribution in [0.2, 0.25) is 5.02 Å². The highest BCUT2D eigenvalue weighted by Gasteiger charge is 2.15. The standard InChI is InChI=1S/C17H19ClFN/c1-11-7-12(2)9-13(8-11)17(20-3)10-14-15(18)5-4-6-16(14)19/h4-9,17,20H,10H2,1-3H3. The minimum Gasteiger partial charge on any atom is -0.313 e. The summed E-state index contributed by atoms with van der Waals surface area (Å²) in [5.41, 5.74) is 4.14. The van der Waals surface area contributed by atoms with Crippen LogP contribution in [0.5, 0.6) is 0 Å². The van der Waals surface area contributed by atoms with Gasteiger partial charge < -0.3 is 5.32 Å². The SMILES string of the molecule is CNC(Cc1c(F)cccc1Cl)c1cc(C)cc(C)c1. The monoisotopic (exact) mass is 291 g/mol. The lowest BCUT2D eigenvalue weighted by atomic mass is 9.96. The summed E-state index contributed by atoms with van der Waals surface area (Å²) in [6, 6.07) is 11.2. The third-order valence-corrected chi connectivity index (χ3v) is 3.82. The molecule has 2 rings (SSSR count). The molecule has 0 spiro atoms. The highest BCUT2D eigenvalue weighted by molar-refractivity contribution is 6.31. The molecular formula is C17H19ClFN. The van der Waals surface area contributed by atoms with Gasteiger partial charge in [0.1, 0.15) is 5.82 Å². The zero-order valence-electron chi connectivity index (χ0n) is 12.0. The Morgan fingerprint density at radius 3 is 2.35 bits per heavy atom. The predicted molar refractivity (Wildman–Crippen MR) is 82.8 cm³/mol. The van der Waals surface area contributed by atoms with Crippen molar-refractivity contribution in [3.8, 4) is 0 Å². The van der Waals surface area contributed by atoms with Crippen LogP contribution >= 0.6 is 11.6 Å². The molecule has 0 aromatic heterocycles. The van der Waals surface area contributed by atoms with Gasteiger partial charge in [0.2, 0.25) is 0 Å². The highest BCUT2D eigenvalue weighted by Crippen LogP contribution is 2.26. The van der Waals surface area contributed by atoms with Gasteiger partial charge in [-0.25, -0.2) is 4.39 Å². The van der Waals surface area contributed by atoms with E-state index in [0.29, 0.717) is 17.0 Å². The van der Waals surface area contributed by atoms with Crippen LogP contribution in [-0.4, -0.2) is 7.05 Å². The fraction of sp³-hybridized carbons (Fsp3) is 0.294. The first-order valence-electron chi connectivity index (χ1n) is 6.69. The summed E-state index contributed by atoms with van der Waals surface area (Å²) in [6.07, 6.45) is 0.533. The van der Waals surface area contributed by atoms with Crippen LogP contribution in [0.3, 0.4) is 0 Å². The summed E-state index contributed by atoms with van der Waals surface area (Å²) < 4.78 is 13.9. The van der Waals surface area contributed by atoms with E-state index in [1.807, 2.05) is 7.05 Å². The first kappa shape index (κ1) is 15.0. The molecule has 0 saturated heterocycles. The van der Waals surface area contributed by atoms with Crippen molar-refractivity contribution in [1.82, 2.24) is 5.32 Å². The number of rotatable bonds is 4. The fourth-order valence-electron chi connectivity index (χ4n) is 2.53. The van der Waals surface area contributed by atoms with Crippen molar-refractivity contribution in [2.75, 3.05) is 7.05 Å². The summed E-state index contributed by atoms with van der Waals surface area (Å²) in [5, 5.41) is 3.73. The lowest BCUT2D eigenvalue weighted by Gasteiger charge is -2.19. The second-order valence-corrected chi connectivity index (χ2v) is 5.57. The molecule has 0 saturated carbocycles. The summed E-state index contributed by atoms with van der Waals surface area (Å²) in [4.78, 5) is 0. The minimum absolute atomic E-state index is 0.0444. The van der Waals surface area contributed by atoms with Crippen molar-refractivity contribution >= 4 is 11.6 Å². The van der Waals surface area contributed by atoms with E-state index in [1.54, 1.807) is 12.1 Å². The topological polar surface area (TPSA) is 12.0 Å². The summed E-state index contributed by atoms with van der Waals surface area (Å²) in [5.74, 6) is -0.248. The third-order valence-electron chi connectivity index (χ3n) is 3.46. The van der Waals surface area contributed by atoms with Gasteiger partial charge in [-0.15, -0.1) is 0 Å². The average molecular weight is 292 g/mol. The number of nitrogens with one attached hydrogen (secondary N) is 1. The van der Waals surface area contributed by atoms with Crippen LogP contribution in [0.15, 0.2) is 36.4 Å². The van der Waals surface area contributed by atoms with Crippen LogP contribution in [0.1, 0.15) is 28.3 Å². The van der Waals surface area contributed by atoms with E-state index in [0.717, 1.165) is 5.56 Å². The largest absolute Gasteiger partial charge is 0.313 e. The molecule has 0 amide bonds. The number of benzene rings is 2. The van der Waals surface area contributed by atoms with Gasteiger partial charge in [-0.3, -0.25) is 0 Å². The predicted octanol–water partition coefficient (Wildman–Crippen LogP) is 4.60. The van der Waals surface area contributed by atoms with Crippen LogP contribution in [0.4, 0.5) is 4.39 Å². The van der Waals surface area contributed by atoms with Gasteiger partial charge in [0.05, 0.1) is 0 Å². The second-order valence-electron chi connectivity index (χ2n) is 5.17. The van der Waals surface area contributed by atoms with Crippen molar-refractivity contribution < 1.29 is 4.39 Å². The normalized spacial score (nSPS) is 12.4. The van der Waals surface area contributed by atoms with Gasteiger partial charge in [0.15, 0.2) is 0 Å². The lowest BCUT2D eigenvalue weighted by Crippen LogP contribution is -2.20. The third kappa shape index (κ3) is 3.38. The van der Waals surface area contributed by atoms with E-state index in [9.17, 15) is 4.39 Å². The molecule has 0 bridgehead atoms. The molecule has 0 radical (unpaired) electrons. The molecule has 2 aromatic rings. The molecule has 1 unspecified atom stereocenters. The molecule has 0 aliphatic rings. The summed E-state index contributed by atoms with van der Waals surface area (Å²) in [7, 11) is 1.89. The van der Waals surface area contributed by atoms with E-state index in [1.165, 1.54) is 17.2 Å².